The molecule has 1 aliphatic heterocycles. The van der Waals surface area contributed by atoms with Crippen LogP contribution in [0.5, 0.6) is 0 Å². The van der Waals surface area contributed by atoms with Crippen LogP contribution < -0.4 is 5.32 Å². The van der Waals surface area contributed by atoms with Crippen molar-refractivity contribution >= 4 is 52.9 Å². The standard InChI is InChI=1S/C19H30ClN7S.HI/c1-3-7-21-19(22-8-9-27-15-23-24-18(27)4-2)26-12-10-25(11-13-26)14-16-5-6-17(20)28-16;/h5-6,15H,3-4,7-14H2,1-2H3,(H,21,22);1H. The Labute approximate surface area is 199 Å². The van der Waals surface area contributed by atoms with Crippen LogP contribution in [0.25, 0.3) is 0 Å². The molecule has 0 radical (unpaired) electrons. The molecule has 3 rings (SSSR count). The van der Waals surface area contributed by atoms with Gasteiger partial charge in [-0.3, -0.25) is 9.89 Å². The van der Waals surface area contributed by atoms with E-state index in [1.807, 2.05) is 6.07 Å². The second kappa shape index (κ2) is 12.7. The lowest BCUT2D eigenvalue weighted by Gasteiger charge is -2.36. The molecule has 0 saturated carbocycles. The summed E-state index contributed by atoms with van der Waals surface area (Å²) in [7, 11) is 0. The first kappa shape index (κ1) is 24.4. The van der Waals surface area contributed by atoms with E-state index in [4.69, 9.17) is 16.6 Å². The van der Waals surface area contributed by atoms with Crippen LogP contribution in [-0.2, 0) is 19.5 Å². The van der Waals surface area contributed by atoms with Crippen LogP contribution in [-0.4, -0.2) is 69.8 Å². The zero-order valence-electron chi connectivity index (χ0n) is 17.2. The third kappa shape index (κ3) is 7.37. The molecule has 3 heterocycles. The van der Waals surface area contributed by atoms with Crippen LogP contribution in [0.2, 0.25) is 4.34 Å². The van der Waals surface area contributed by atoms with E-state index in [-0.39, 0.29) is 24.0 Å². The minimum Gasteiger partial charge on any atom is -0.354 e. The maximum atomic E-state index is 6.05. The molecule has 7 nitrogen and oxygen atoms in total. The topological polar surface area (TPSA) is 61.6 Å². The first-order valence-corrected chi connectivity index (χ1v) is 11.3. The molecule has 0 unspecified atom stereocenters. The number of aryl methyl sites for hydroxylation is 1. The molecule has 0 atom stereocenters. The van der Waals surface area contributed by atoms with Crippen LogP contribution in [0, 0.1) is 0 Å². The summed E-state index contributed by atoms with van der Waals surface area (Å²) in [5.41, 5.74) is 0. The molecule has 0 amide bonds. The van der Waals surface area contributed by atoms with Gasteiger partial charge in [0.15, 0.2) is 5.96 Å². The largest absolute Gasteiger partial charge is 0.354 e. The van der Waals surface area contributed by atoms with Crippen LogP contribution >= 0.6 is 46.9 Å². The van der Waals surface area contributed by atoms with E-state index in [0.29, 0.717) is 0 Å². The zero-order valence-corrected chi connectivity index (χ0v) is 21.1. The second-order valence-electron chi connectivity index (χ2n) is 6.90. The Morgan fingerprint density at radius 3 is 2.69 bits per heavy atom. The van der Waals surface area contributed by atoms with E-state index >= 15 is 0 Å². The van der Waals surface area contributed by atoms with Gasteiger partial charge in [0.1, 0.15) is 12.2 Å². The SMILES string of the molecule is CCCN=C(NCCn1cnnc1CC)N1CCN(Cc2ccc(Cl)s2)CC1.I. The number of nitrogens with zero attached hydrogens (tertiary/aromatic N) is 6. The van der Waals surface area contributed by atoms with Crippen LogP contribution in [0.4, 0.5) is 0 Å². The predicted octanol–water partition coefficient (Wildman–Crippen LogP) is 3.35. The number of halogens is 2. The summed E-state index contributed by atoms with van der Waals surface area (Å²) in [6.07, 6.45) is 3.75. The Kier molecular flexibility index (Phi) is 10.7. The van der Waals surface area contributed by atoms with E-state index in [0.717, 1.165) is 81.3 Å². The minimum absolute atomic E-state index is 0. The molecule has 162 valence electrons. The minimum atomic E-state index is 0. The van der Waals surface area contributed by atoms with E-state index in [1.165, 1.54) is 4.88 Å². The molecule has 0 spiro atoms. The Morgan fingerprint density at radius 2 is 2.03 bits per heavy atom. The summed E-state index contributed by atoms with van der Waals surface area (Å²) in [6, 6.07) is 4.11. The van der Waals surface area contributed by atoms with Crippen molar-refractivity contribution in [1.29, 1.82) is 0 Å². The summed E-state index contributed by atoms with van der Waals surface area (Å²) in [6.45, 7) is 11.8. The predicted molar refractivity (Wildman–Crippen MR) is 132 cm³/mol. The van der Waals surface area contributed by atoms with Crippen molar-refractivity contribution < 1.29 is 0 Å². The smallest absolute Gasteiger partial charge is 0.194 e. The number of aliphatic imine (C=N–C) groups is 1. The molecule has 1 N–H and O–H groups in total. The molecule has 1 fully saturated rings. The van der Waals surface area contributed by atoms with Gasteiger partial charge in [0.25, 0.3) is 0 Å². The first-order chi connectivity index (χ1) is 13.7. The highest BCUT2D eigenvalue weighted by Crippen LogP contribution is 2.23. The van der Waals surface area contributed by atoms with Crippen molar-refractivity contribution in [2.24, 2.45) is 4.99 Å². The van der Waals surface area contributed by atoms with Gasteiger partial charge in [0.05, 0.1) is 4.34 Å². The Morgan fingerprint density at radius 1 is 1.24 bits per heavy atom. The number of piperazine rings is 1. The number of thiophene rings is 1. The molecular weight excluding hydrogens is 521 g/mol. The van der Waals surface area contributed by atoms with Crippen molar-refractivity contribution in [2.75, 3.05) is 39.3 Å². The van der Waals surface area contributed by atoms with Gasteiger partial charge in [0.2, 0.25) is 0 Å². The normalized spacial score (nSPS) is 15.4. The Bertz CT molecular complexity index is 755. The molecule has 0 aliphatic carbocycles. The van der Waals surface area contributed by atoms with Crippen LogP contribution in [0.1, 0.15) is 31.0 Å². The maximum Gasteiger partial charge on any atom is 0.194 e. The summed E-state index contributed by atoms with van der Waals surface area (Å²) in [5.74, 6) is 2.04. The summed E-state index contributed by atoms with van der Waals surface area (Å²) in [4.78, 5) is 11.0. The van der Waals surface area contributed by atoms with Crippen LogP contribution in [0.15, 0.2) is 23.5 Å². The molecule has 0 aromatic carbocycles. The second-order valence-corrected chi connectivity index (χ2v) is 8.69. The average molecular weight is 552 g/mol. The van der Waals surface area contributed by atoms with Crippen molar-refractivity contribution in [3.05, 3.63) is 33.5 Å². The Balaban J connectivity index is 0.00000300. The maximum absolute atomic E-state index is 6.05. The van der Waals surface area contributed by atoms with Gasteiger partial charge < -0.3 is 14.8 Å². The Hall–Kier alpha value is -0.910. The molecule has 2 aromatic rings. The molecule has 29 heavy (non-hydrogen) atoms. The lowest BCUT2D eigenvalue weighted by Crippen LogP contribution is -2.52. The van der Waals surface area contributed by atoms with Gasteiger partial charge in [-0.2, -0.15) is 0 Å². The lowest BCUT2D eigenvalue weighted by atomic mass is 10.3. The zero-order chi connectivity index (χ0) is 19.8. The van der Waals surface area contributed by atoms with E-state index in [9.17, 15) is 0 Å². The third-order valence-electron chi connectivity index (χ3n) is 4.81. The fourth-order valence-electron chi connectivity index (χ4n) is 3.29. The fourth-order valence-corrected chi connectivity index (χ4v) is 4.42. The average Bonchev–Trinajstić information content (AvgIpc) is 3.33. The summed E-state index contributed by atoms with van der Waals surface area (Å²) >= 11 is 7.73. The number of aromatic nitrogens is 3. The number of hydrogen-bond acceptors (Lipinski definition) is 5. The van der Waals surface area contributed by atoms with Crippen molar-refractivity contribution in [1.82, 2.24) is 29.9 Å². The van der Waals surface area contributed by atoms with Gasteiger partial charge in [-0.15, -0.1) is 45.5 Å². The van der Waals surface area contributed by atoms with E-state index in [1.54, 1.807) is 17.7 Å². The van der Waals surface area contributed by atoms with Crippen LogP contribution in [0.3, 0.4) is 0 Å². The third-order valence-corrected chi connectivity index (χ3v) is 6.03. The molecule has 2 aromatic heterocycles. The number of rotatable bonds is 8. The van der Waals surface area contributed by atoms with Crippen molar-refractivity contribution in [3.63, 3.8) is 0 Å². The van der Waals surface area contributed by atoms with Gasteiger partial charge in [-0.05, 0) is 18.6 Å². The van der Waals surface area contributed by atoms with Crippen molar-refractivity contribution in [2.45, 2.75) is 39.8 Å². The number of guanidine groups is 1. The van der Waals surface area contributed by atoms with Gasteiger partial charge in [-0.1, -0.05) is 25.4 Å². The fraction of sp³-hybridized carbons (Fsp3) is 0.632. The number of hydrogen-bond donors (Lipinski definition) is 1. The van der Waals surface area contributed by atoms with Gasteiger partial charge >= 0.3 is 0 Å². The molecule has 1 aliphatic rings. The van der Waals surface area contributed by atoms with Gasteiger partial charge in [-0.25, -0.2) is 0 Å². The number of nitrogens with one attached hydrogen (secondary N) is 1. The van der Waals surface area contributed by atoms with E-state index in [2.05, 4.69) is 49.8 Å². The molecule has 10 heteroatoms. The first-order valence-electron chi connectivity index (χ1n) is 10.1. The summed E-state index contributed by atoms with van der Waals surface area (Å²) < 4.78 is 2.97. The van der Waals surface area contributed by atoms with Crippen molar-refractivity contribution in [3.8, 4) is 0 Å². The van der Waals surface area contributed by atoms with Gasteiger partial charge in [0, 0.05) is 63.7 Å². The lowest BCUT2D eigenvalue weighted by molar-refractivity contribution is 0.173. The summed E-state index contributed by atoms with van der Waals surface area (Å²) in [5, 5.41) is 11.7. The highest BCUT2D eigenvalue weighted by atomic mass is 127. The highest BCUT2D eigenvalue weighted by molar-refractivity contribution is 14.0. The quantitative estimate of drug-likeness (QED) is 0.310. The molecule has 0 bridgehead atoms. The monoisotopic (exact) mass is 551 g/mol. The molecule has 1 saturated heterocycles. The molecular formula is C19H31ClIN7S. The highest BCUT2D eigenvalue weighted by Gasteiger charge is 2.20. The van der Waals surface area contributed by atoms with E-state index < -0.39 is 0 Å².